The van der Waals surface area contributed by atoms with Crippen LogP contribution < -0.4 is 15.3 Å². The number of methoxy groups -OCH3 is 1. The molecular weight excluding hydrogens is 436 g/mol. The summed E-state index contributed by atoms with van der Waals surface area (Å²) in [6.45, 7) is 0. The fraction of sp³-hybridized carbons (Fsp3) is 0.0556. The molecule has 1 aliphatic rings. The fourth-order valence-corrected chi connectivity index (χ4v) is 4.56. The van der Waals surface area contributed by atoms with Gasteiger partial charge in [0.25, 0.3) is 5.91 Å². The van der Waals surface area contributed by atoms with E-state index in [2.05, 4.69) is 20.9 Å². The van der Waals surface area contributed by atoms with E-state index in [1.54, 1.807) is 25.3 Å². The van der Waals surface area contributed by atoms with Crippen LogP contribution in [0.3, 0.4) is 0 Å². The highest BCUT2D eigenvalue weighted by molar-refractivity contribution is 9.10. The number of hydrogen-bond donors (Lipinski definition) is 1. The van der Waals surface area contributed by atoms with Gasteiger partial charge >= 0.3 is 0 Å². The average Bonchev–Trinajstić information content (AvgIpc) is 3.09. The standard InChI is InChI=1S/C18H11BrN2O3S2/c1-24-11-4-2-3-10(8-11)21-17(23)15(26-18(21)25)14-12-7-9(19)5-6-13(12)20-16(14)22/h2-8,23H,1H3. The number of aromatic hydroxyl groups is 1. The second-order valence-electron chi connectivity index (χ2n) is 5.51. The number of carbonyl (C=O) groups excluding carboxylic acids is 1. The first-order chi connectivity index (χ1) is 12.5. The van der Waals surface area contributed by atoms with Gasteiger partial charge in [-0.15, -0.1) is 11.3 Å². The topological polar surface area (TPSA) is 63.8 Å². The lowest BCUT2D eigenvalue weighted by molar-refractivity contribution is -0.112. The molecule has 0 bridgehead atoms. The SMILES string of the molecule is COc1cccc(-n2c(O)c(C3=c4cc(Br)ccc4=NC3=O)sc2=S)c1. The van der Waals surface area contributed by atoms with E-state index in [0.717, 1.165) is 4.47 Å². The van der Waals surface area contributed by atoms with E-state index in [-0.39, 0.29) is 11.8 Å². The molecule has 3 aromatic rings. The molecule has 1 amide bonds. The number of halogens is 1. The second-order valence-corrected chi connectivity index (χ2v) is 8.07. The second kappa shape index (κ2) is 6.46. The van der Waals surface area contributed by atoms with Crippen LogP contribution >= 0.6 is 39.5 Å². The maximum atomic E-state index is 12.5. The van der Waals surface area contributed by atoms with Crippen molar-refractivity contribution >= 4 is 51.0 Å². The summed E-state index contributed by atoms with van der Waals surface area (Å²) in [6.07, 6.45) is 0. The number of carbonyl (C=O) groups is 1. The molecule has 0 unspecified atom stereocenters. The van der Waals surface area contributed by atoms with Crippen LogP contribution in [0.4, 0.5) is 0 Å². The van der Waals surface area contributed by atoms with Crippen molar-refractivity contribution in [2.24, 2.45) is 4.99 Å². The van der Waals surface area contributed by atoms with Crippen LogP contribution in [0, 0.1) is 3.95 Å². The molecule has 1 aromatic heterocycles. The van der Waals surface area contributed by atoms with Crippen LogP contribution in [0.25, 0.3) is 11.3 Å². The molecule has 26 heavy (non-hydrogen) atoms. The van der Waals surface area contributed by atoms with Crippen LogP contribution in [0.5, 0.6) is 11.6 Å². The van der Waals surface area contributed by atoms with E-state index < -0.39 is 0 Å². The van der Waals surface area contributed by atoms with Gasteiger partial charge in [-0.25, -0.2) is 4.99 Å². The van der Waals surface area contributed by atoms with Gasteiger partial charge in [0.1, 0.15) is 10.6 Å². The minimum absolute atomic E-state index is 0.0837. The van der Waals surface area contributed by atoms with Gasteiger partial charge in [-0.05, 0) is 42.5 Å². The molecule has 0 atom stereocenters. The molecule has 0 saturated carbocycles. The smallest absolute Gasteiger partial charge is 0.279 e. The van der Waals surface area contributed by atoms with Crippen molar-refractivity contribution in [2.45, 2.75) is 0 Å². The van der Waals surface area contributed by atoms with E-state index in [9.17, 15) is 9.90 Å². The Morgan fingerprint density at radius 3 is 2.85 bits per heavy atom. The van der Waals surface area contributed by atoms with Crippen molar-refractivity contribution in [3.63, 3.8) is 0 Å². The number of nitrogens with zero attached hydrogens (tertiary/aromatic N) is 2. The van der Waals surface area contributed by atoms with Crippen molar-refractivity contribution in [1.82, 2.24) is 4.57 Å². The number of fused-ring (bicyclic) bond motifs is 1. The summed E-state index contributed by atoms with van der Waals surface area (Å²) in [4.78, 5) is 16.9. The lowest BCUT2D eigenvalue weighted by Crippen LogP contribution is -2.22. The maximum Gasteiger partial charge on any atom is 0.279 e. The lowest BCUT2D eigenvalue weighted by Gasteiger charge is -2.07. The first-order valence-electron chi connectivity index (χ1n) is 7.52. The highest BCUT2D eigenvalue weighted by Crippen LogP contribution is 2.35. The van der Waals surface area contributed by atoms with E-state index in [4.69, 9.17) is 17.0 Å². The summed E-state index contributed by atoms with van der Waals surface area (Å²) in [6, 6.07) is 12.6. The van der Waals surface area contributed by atoms with Gasteiger partial charge in [0.2, 0.25) is 5.88 Å². The van der Waals surface area contributed by atoms with Gasteiger partial charge in [0, 0.05) is 15.8 Å². The summed E-state index contributed by atoms with van der Waals surface area (Å²) < 4.78 is 8.01. The summed E-state index contributed by atoms with van der Waals surface area (Å²) in [5.74, 6) is 0.174. The zero-order valence-electron chi connectivity index (χ0n) is 13.4. The molecule has 5 nitrogen and oxygen atoms in total. The van der Waals surface area contributed by atoms with Gasteiger partial charge in [0.05, 0.1) is 23.7 Å². The highest BCUT2D eigenvalue weighted by Gasteiger charge is 2.25. The normalized spacial score (nSPS) is 12.8. The molecule has 2 aromatic carbocycles. The Kier molecular flexibility index (Phi) is 4.26. The Morgan fingerprint density at radius 2 is 2.08 bits per heavy atom. The van der Waals surface area contributed by atoms with Gasteiger partial charge < -0.3 is 9.84 Å². The fourth-order valence-electron chi connectivity index (χ4n) is 2.81. The summed E-state index contributed by atoms with van der Waals surface area (Å²) in [7, 11) is 1.57. The molecule has 0 radical (unpaired) electrons. The molecule has 0 fully saturated rings. The zero-order chi connectivity index (χ0) is 18.4. The predicted octanol–water partition coefficient (Wildman–Crippen LogP) is 3.10. The molecule has 130 valence electrons. The van der Waals surface area contributed by atoms with Gasteiger partial charge in [-0.3, -0.25) is 9.36 Å². The molecule has 1 aliphatic heterocycles. The van der Waals surface area contributed by atoms with Crippen molar-refractivity contribution in [3.8, 4) is 17.3 Å². The Bertz CT molecular complexity index is 1240. The maximum absolute atomic E-state index is 12.5. The Labute approximate surface area is 165 Å². The van der Waals surface area contributed by atoms with Crippen molar-refractivity contribution < 1.29 is 14.6 Å². The van der Waals surface area contributed by atoms with Crippen LogP contribution in [0.1, 0.15) is 4.88 Å². The minimum atomic E-state index is -0.387. The molecular formula is C18H11BrN2O3S2. The molecule has 1 N–H and O–H groups in total. The van der Waals surface area contributed by atoms with Crippen molar-refractivity contribution in [2.75, 3.05) is 7.11 Å². The molecule has 0 aliphatic carbocycles. The van der Waals surface area contributed by atoms with Gasteiger partial charge in [0.15, 0.2) is 3.95 Å². The number of amides is 1. The number of aromatic nitrogens is 1. The van der Waals surface area contributed by atoms with Crippen molar-refractivity contribution in [1.29, 1.82) is 0 Å². The Balaban J connectivity index is 1.99. The van der Waals surface area contributed by atoms with E-state index in [0.29, 0.717) is 36.4 Å². The predicted molar refractivity (Wildman–Crippen MR) is 105 cm³/mol. The summed E-state index contributed by atoms with van der Waals surface area (Å²) >= 11 is 10.0. The van der Waals surface area contributed by atoms with E-state index in [1.165, 1.54) is 15.9 Å². The number of thiazole rings is 1. The van der Waals surface area contributed by atoms with E-state index in [1.807, 2.05) is 24.3 Å². The highest BCUT2D eigenvalue weighted by atomic mass is 79.9. The molecule has 8 heteroatoms. The summed E-state index contributed by atoms with van der Waals surface area (Å²) in [5.41, 5.74) is 1.02. The number of rotatable bonds is 3. The zero-order valence-corrected chi connectivity index (χ0v) is 16.6. The summed E-state index contributed by atoms with van der Waals surface area (Å²) in [5, 5.41) is 12.1. The minimum Gasteiger partial charge on any atom is -0.497 e. The molecule has 0 spiro atoms. The third-order valence-electron chi connectivity index (χ3n) is 3.99. The van der Waals surface area contributed by atoms with Crippen LogP contribution in [-0.4, -0.2) is 22.7 Å². The Hall–Kier alpha value is -2.29. The number of ether oxygens (including phenoxy) is 1. The largest absolute Gasteiger partial charge is 0.497 e. The molecule has 4 rings (SSSR count). The molecule has 2 heterocycles. The lowest BCUT2D eigenvalue weighted by atomic mass is 10.1. The third-order valence-corrected chi connectivity index (χ3v) is 5.86. The van der Waals surface area contributed by atoms with Crippen LogP contribution in [0.15, 0.2) is 51.9 Å². The van der Waals surface area contributed by atoms with Gasteiger partial charge in [-0.1, -0.05) is 22.0 Å². The van der Waals surface area contributed by atoms with Crippen LogP contribution in [-0.2, 0) is 4.79 Å². The van der Waals surface area contributed by atoms with Crippen LogP contribution in [0.2, 0.25) is 0 Å². The quantitative estimate of drug-likeness (QED) is 0.627. The molecule has 0 saturated heterocycles. The Morgan fingerprint density at radius 1 is 1.27 bits per heavy atom. The average molecular weight is 447 g/mol. The van der Waals surface area contributed by atoms with Gasteiger partial charge in [-0.2, -0.15) is 0 Å². The van der Waals surface area contributed by atoms with Crippen molar-refractivity contribution in [3.05, 3.63) is 66.3 Å². The first kappa shape index (κ1) is 17.1. The third kappa shape index (κ3) is 2.70. The van der Waals surface area contributed by atoms with E-state index >= 15 is 0 Å². The monoisotopic (exact) mass is 446 g/mol. The number of benzene rings is 2. The first-order valence-corrected chi connectivity index (χ1v) is 9.54. The number of hydrogen-bond acceptors (Lipinski definition) is 5.